The molecule has 0 bridgehead atoms. The number of nitrogens with one attached hydrogen (secondary N) is 2. The third-order valence-corrected chi connectivity index (χ3v) is 3.42. The summed E-state index contributed by atoms with van der Waals surface area (Å²) in [7, 11) is 0. The molecule has 0 fully saturated rings. The lowest BCUT2D eigenvalue weighted by molar-refractivity contribution is -0.383. The molecule has 1 aromatic carbocycles. The van der Waals surface area contributed by atoms with Crippen LogP contribution in [0.4, 0.5) is 29.0 Å². The second kappa shape index (κ2) is 7.05. The van der Waals surface area contributed by atoms with E-state index in [9.17, 15) is 10.1 Å². The Morgan fingerprint density at radius 2 is 2.12 bits per heavy atom. The Morgan fingerprint density at radius 3 is 2.80 bits per heavy atom. The van der Waals surface area contributed by atoms with E-state index in [-0.39, 0.29) is 17.6 Å². The summed E-state index contributed by atoms with van der Waals surface area (Å²) in [6, 6.07) is 10.2. The zero-order valence-electron chi connectivity index (χ0n) is 12.8. The zero-order valence-corrected chi connectivity index (χ0v) is 13.5. The lowest BCUT2D eigenvalue weighted by Crippen LogP contribution is -2.10. The maximum Gasteiger partial charge on any atom is 0.353 e. The summed E-state index contributed by atoms with van der Waals surface area (Å²) in [5.74, 6) is 0.488. The van der Waals surface area contributed by atoms with E-state index in [1.165, 1.54) is 6.26 Å². The van der Waals surface area contributed by atoms with Gasteiger partial charge in [0, 0.05) is 10.7 Å². The molecule has 10 heteroatoms. The van der Waals surface area contributed by atoms with Crippen molar-refractivity contribution < 1.29 is 9.34 Å². The van der Waals surface area contributed by atoms with Crippen LogP contribution in [0.2, 0.25) is 5.02 Å². The van der Waals surface area contributed by atoms with Gasteiger partial charge in [-0.15, -0.1) is 0 Å². The summed E-state index contributed by atoms with van der Waals surface area (Å²) in [5.41, 5.74) is 5.85. The van der Waals surface area contributed by atoms with Crippen LogP contribution in [0.25, 0.3) is 0 Å². The number of anilines is 4. The molecule has 0 amide bonds. The van der Waals surface area contributed by atoms with Gasteiger partial charge in [-0.3, -0.25) is 10.1 Å². The Kier molecular flexibility index (Phi) is 4.66. The van der Waals surface area contributed by atoms with E-state index in [0.717, 1.165) is 0 Å². The van der Waals surface area contributed by atoms with Gasteiger partial charge in [0.05, 0.1) is 17.7 Å². The SMILES string of the molecule is Nc1nc(NCc2ccco2)nc(Nc2cccc(Cl)c2)c1[N+](=O)[O-]. The van der Waals surface area contributed by atoms with Gasteiger partial charge in [-0.1, -0.05) is 17.7 Å². The van der Waals surface area contributed by atoms with Crippen LogP contribution in [0.3, 0.4) is 0 Å². The number of nitrogens with two attached hydrogens (primary N) is 1. The molecule has 4 N–H and O–H groups in total. The van der Waals surface area contributed by atoms with E-state index in [0.29, 0.717) is 23.0 Å². The molecular weight excluding hydrogens is 348 g/mol. The number of aromatic nitrogens is 2. The van der Waals surface area contributed by atoms with E-state index in [1.807, 2.05) is 0 Å². The molecule has 2 heterocycles. The highest BCUT2D eigenvalue weighted by atomic mass is 35.5. The molecule has 3 aromatic rings. The maximum atomic E-state index is 11.3. The molecule has 128 valence electrons. The molecule has 0 spiro atoms. The van der Waals surface area contributed by atoms with E-state index in [4.69, 9.17) is 21.8 Å². The summed E-state index contributed by atoms with van der Waals surface area (Å²) >= 11 is 5.93. The third kappa shape index (κ3) is 3.96. The average molecular weight is 361 g/mol. The molecule has 0 atom stereocenters. The molecule has 0 aliphatic heterocycles. The smallest absolute Gasteiger partial charge is 0.353 e. The highest BCUT2D eigenvalue weighted by molar-refractivity contribution is 6.30. The summed E-state index contributed by atoms with van der Waals surface area (Å²) < 4.78 is 5.20. The quantitative estimate of drug-likeness (QED) is 0.449. The summed E-state index contributed by atoms with van der Waals surface area (Å²) in [4.78, 5) is 18.7. The van der Waals surface area contributed by atoms with E-state index >= 15 is 0 Å². The largest absolute Gasteiger partial charge is 0.467 e. The third-order valence-electron chi connectivity index (χ3n) is 3.18. The van der Waals surface area contributed by atoms with Crippen molar-refractivity contribution in [2.75, 3.05) is 16.4 Å². The number of hydrogen-bond acceptors (Lipinski definition) is 8. The van der Waals surface area contributed by atoms with Crippen molar-refractivity contribution in [2.45, 2.75) is 6.54 Å². The number of benzene rings is 1. The van der Waals surface area contributed by atoms with E-state index < -0.39 is 10.6 Å². The van der Waals surface area contributed by atoms with Gasteiger partial charge in [-0.2, -0.15) is 9.97 Å². The standard InChI is InChI=1S/C15H13ClN6O3/c16-9-3-1-4-10(7-9)19-14-12(22(23)24)13(17)20-15(21-14)18-8-11-5-2-6-25-11/h1-7H,8H2,(H4,17,18,19,20,21). The first-order valence-corrected chi connectivity index (χ1v) is 7.51. The van der Waals surface area contributed by atoms with Gasteiger partial charge in [0.1, 0.15) is 5.76 Å². The topological polar surface area (TPSA) is 132 Å². The Labute approximate surface area is 147 Å². The van der Waals surface area contributed by atoms with Crippen molar-refractivity contribution in [3.05, 3.63) is 63.6 Å². The number of hydrogen-bond donors (Lipinski definition) is 3. The van der Waals surface area contributed by atoms with E-state index in [2.05, 4.69) is 20.6 Å². The van der Waals surface area contributed by atoms with Crippen molar-refractivity contribution >= 4 is 40.6 Å². The van der Waals surface area contributed by atoms with Crippen LogP contribution in [0.5, 0.6) is 0 Å². The highest BCUT2D eigenvalue weighted by Crippen LogP contribution is 2.32. The molecule has 2 aromatic heterocycles. The number of nitro groups is 1. The lowest BCUT2D eigenvalue weighted by Gasteiger charge is -2.10. The summed E-state index contributed by atoms with van der Waals surface area (Å²) in [6.07, 6.45) is 1.54. The average Bonchev–Trinajstić information content (AvgIpc) is 3.05. The number of halogens is 1. The van der Waals surface area contributed by atoms with Crippen molar-refractivity contribution in [3.8, 4) is 0 Å². The van der Waals surface area contributed by atoms with Crippen LogP contribution < -0.4 is 16.4 Å². The fourth-order valence-electron chi connectivity index (χ4n) is 2.10. The van der Waals surface area contributed by atoms with Crippen molar-refractivity contribution in [1.82, 2.24) is 9.97 Å². The van der Waals surface area contributed by atoms with Gasteiger partial charge in [-0.25, -0.2) is 0 Å². The van der Waals surface area contributed by atoms with Crippen molar-refractivity contribution in [1.29, 1.82) is 0 Å². The highest BCUT2D eigenvalue weighted by Gasteiger charge is 2.23. The van der Waals surface area contributed by atoms with Crippen molar-refractivity contribution in [2.24, 2.45) is 0 Å². The Hall–Kier alpha value is -3.33. The minimum Gasteiger partial charge on any atom is -0.467 e. The Balaban J connectivity index is 1.91. The zero-order chi connectivity index (χ0) is 17.8. The summed E-state index contributed by atoms with van der Waals surface area (Å²) in [5, 5.41) is 17.5. The van der Waals surface area contributed by atoms with Gasteiger partial charge in [0.25, 0.3) is 0 Å². The fraction of sp³-hybridized carbons (Fsp3) is 0.0667. The maximum absolute atomic E-state index is 11.3. The second-order valence-electron chi connectivity index (χ2n) is 4.96. The van der Waals surface area contributed by atoms with Gasteiger partial charge in [0.2, 0.25) is 17.6 Å². The first kappa shape index (κ1) is 16.5. The van der Waals surface area contributed by atoms with Crippen molar-refractivity contribution in [3.63, 3.8) is 0 Å². The van der Waals surface area contributed by atoms with Crippen LogP contribution >= 0.6 is 11.6 Å². The number of nitrogens with zero attached hydrogens (tertiary/aromatic N) is 3. The lowest BCUT2D eigenvalue weighted by atomic mass is 10.3. The van der Waals surface area contributed by atoms with Crippen LogP contribution in [-0.2, 0) is 6.54 Å². The predicted octanol–water partition coefficient (Wildman–Crippen LogP) is 3.57. The number of rotatable bonds is 6. The van der Waals surface area contributed by atoms with Crippen LogP contribution in [0.1, 0.15) is 5.76 Å². The minimum atomic E-state index is -0.640. The monoisotopic (exact) mass is 360 g/mol. The molecule has 0 aliphatic carbocycles. The first-order chi connectivity index (χ1) is 12.0. The molecule has 0 unspecified atom stereocenters. The van der Waals surface area contributed by atoms with Gasteiger partial charge in [0.15, 0.2) is 0 Å². The van der Waals surface area contributed by atoms with Crippen LogP contribution in [0, 0.1) is 10.1 Å². The number of furan rings is 1. The normalized spacial score (nSPS) is 10.4. The van der Waals surface area contributed by atoms with Crippen LogP contribution in [-0.4, -0.2) is 14.9 Å². The van der Waals surface area contributed by atoms with Gasteiger partial charge in [-0.05, 0) is 30.3 Å². The Bertz CT molecular complexity index is 900. The Morgan fingerprint density at radius 1 is 1.28 bits per heavy atom. The molecule has 25 heavy (non-hydrogen) atoms. The van der Waals surface area contributed by atoms with Gasteiger partial charge >= 0.3 is 5.69 Å². The van der Waals surface area contributed by atoms with Gasteiger partial charge < -0.3 is 20.8 Å². The fourth-order valence-corrected chi connectivity index (χ4v) is 2.29. The molecule has 0 saturated heterocycles. The van der Waals surface area contributed by atoms with E-state index in [1.54, 1.807) is 36.4 Å². The molecule has 3 rings (SSSR count). The summed E-state index contributed by atoms with van der Waals surface area (Å²) in [6.45, 7) is 0.306. The van der Waals surface area contributed by atoms with Crippen LogP contribution in [0.15, 0.2) is 47.1 Å². The molecule has 0 aliphatic rings. The molecule has 0 radical (unpaired) electrons. The molecule has 0 saturated carbocycles. The molecular formula is C15H13ClN6O3. The molecule has 9 nitrogen and oxygen atoms in total. The minimum absolute atomic E-state index is 0.0401. The predicted molar refractivity (Wildman–Crippen MR) is 93.9 cm³/mol. The first-order valence-electron chi connectivity index (χ1n) is 7.13. The second-order valence-corrected chi connectivity index (χ2v) is 5.39. The number of nitrogen functional groups attached to an aromatic ring is 1.